The molecule has 0 spiro atoms. The number of benzene rings is 2. The number of carbonyl (C=O) groups excluding carboxylic acids is 2. The third kappa shape index (κ3) is 5.08. The van der Waals surface area contributed by atoms with Gasteiger partial charge in [0.2, 0.25) is 0 Å². The third-order valence-corrected chi connectivity index (χ3v) is 3.45. The molecule has 25 heavy (non-hydrogen) atoms. The SMILES string of the molecule is CCCNC(=O)c1ccccc1NC(=O)c1ccccc1OC(C)C. The zero-order valence-electron chi connectivity index (χ0n) is 14.8. The summed E-state index contributed by atoms with van der Waals surface area (Å²) in [5, 5.41) is 5.64. The van der Waals surface area contributed by atoms with Crippen LogP contribution in [-0.2, 0) is 0 Å². The third-order valence-electron chi connectivity index (χ3n) is 3.45. The minimum atomic E-state index is -0.313. The molecule has 0 unspecified atom stereocenters. The Bertz CT molecular complexity index is 741. The van der Waals surface area contributed by atoms with E-state index >= 15 is 0 Å². The van der Waals surface area contributed by atoms with Gasteiger partial charge >= 0.3 is 0 Å². The van der Waals surface area contributed by atoms with Crippen LogP contribution in [0.1, 0.15) is 47.9 Å². The van der Waals surface area contributed by atoms with Crippen LogP contribution in [0.3, 0.4) is 0 Å². The van der Waals surface area contributed by atoms with Crippen LogP contribution in [0.4, 0.5) is 5.69 Å². The molecule has 0 fully saturated rings. The molecule has 5 heteroatoms. The Morgan fingerprint density at radius 2 is 1.60 bits per heavy atom. The van der Waals surface area contributed by atoms with E-state index in [4.69, 9.17) is 4.74 Å². The summed E-state index contributed by atoms with van der Waals surface area (Å²) in [6.07, 6.45) is 0.807. The maximum Gasteiger partial charge on any atom is 0.259 e. The van der Waals surface area contributed by atoms with Crippen molar-refractivity contribution in [3.8, 4) is 5.75 Å². The molecular formula is C20H24N2O3. The predicted octanol–water partition coefficient (Wildman–Crippen LogP) is 3.87. The van der Waals surface area contributed by atoms with E-state index in [0.717, 1.165) is 6.42 Å². The van der Waals surface area contributed by atoms with Crippen LogP contribution in [0.25, 0.3) is 0 Å². The second-order valence-electron chi connectivity index (χ2n) is 5.92. The highest BCUT2D eigenvalue weighted by molar-refractivity contribution is 6.10. The first kappa shape index (κ1) is 18.5. The van der Waals surface area contributed by atoms with E-state index in [1.165, 1.54) is 0 Å². The van der Waals surface area contributed by atoms with Crippen LogP contribution in [0.15, 0.2) is 48.5 Å². The standard InChI is InChI=1S/C20H24N2O3/c1-4-13-21-19(23)15-9-5-7-11-17(15)22-20(24)16-10-6-8-12-18(16)25-14(2)3/h5-12,14H,4,13H2,1-3H3,(H,21,23)(H,22,24). The second kappa shape index (κ2) is 8.87. The molecule has 0 radical (unpaired) electrons. The second-order valence-corrected chi connectivity index (χ2v) is 5.92. The van der Waals surface area contributed by atoms with Crippen molar-refractivity contribution < 1.29 is 14.3 Å². The molecule has 2 aromatic carbocycles. The molecule has 0 aromatic heterocycles. The molecule has 0 bridgehead atoms. The van der Waals surface area contributed by atoms with Crippen LogP contribution in [0.5, 0.6) is 5.75 Å². The molecule has 0 aliphatic carbocycles. The lowest BCUT2D eigenvalue weighted by molar-refractivity contribution is 0.0954. The van der Waals surface area contributed by atoms with Crippen molar-refractivity contribution in [1.82, 2.24) is 5.32 Å². The summed E-state index contributed by atoms with van der Waals surface area (Å²) in [5.41, 5.74) is 1.34. The van der Waals surface area contributed by atoms with Crippen molar-refractivity contribution in [3.05, 3.63) is 59.7 Å². The topological polar surface area (TPSA) is 67.4 Å². The summed E-state index contributed by atoms with van der Waals surface area (Å²) in [7, 11) is 0. The summed E-state index contributed by atoms with van der Waals surface area (Å²) in [6, 6.07) is 14.0. The Hall–Kier alpha value is -2.82. The fourth-order valence-electron chi connectivity index (χ4n) is 2.32. The van der Waals surface area contributed by atoms with Crippen molar-refractivity contribution in [1.29, 1.82) is 0 Å². The number of rotatable bonds is 7. The number of hydrogen-bond acceptors (Lipinski definition) is 3. The highest BCUT2D eigenvalue weighted by Gasteiger charge is 2.16. The molecular weight excluding hydrogens is 316 g/mol. The van der Waals surface area contributed by atoms with Gasteiger partial charge in [-0.3, -0.25) is 9.59 Å². The van der Waals surface area contributed by atoms with E-state index < -0.39 is 0 Å². The fraction of sp³-hybridized carbons (Fsp3) is 0.300. The quantitative estimate of drug-likeness (QED) is 0.804. The number of anilines is 1. The van der Waals surface area contributed by atoms with Gasteiger partial charge in [-0.25, -0.2) is 0 Å². The molecule has 0 atom stereocenters. The van der Waals surface area contributed by atoms with Gasteiger partial charge in [0.1, 0.15) is 5.75 Å². The van der Waals surface area contributed by atoms with Crippen LogP contribution < -0.4 is 15.4 Å². The van der Waals surface area contributed by atoms with Gasteiger partial charge in [0.25, 0.3) is 11.8 Å². The Labute approximate surface area is 148 Å². The maximum atomic E-state index is 12.7. The number of carbonyl (C=O) groups is 2. The lowest BCUT2D eigenvalue weighted by atomic mass is 10.1. The Morgan fingerprint density at radius 3 is 2.28 bits per heavy atom. The van der Waals surface area contributed by atoms with Gasteiger partial charge < -0.3 is 15.4 Å². The molecule has 2 aromatic rings. The molecule has 0 aliphatic heterocycles. The summed E-state index contributed by atoms with van der Waals surface area (Å²) in [6.45, 7) is 6.38. The lowest BCUT2D eigenvalue weighted by Gasteiger charge is -2.15. The van der Waals surface area contributed by atoms with E-state index in [1.807, 2.05) is 26.8 Å². The van der Waals surface area contributed by atoms with Gasteiger partial charge in [0, 0.05) is 6.54 Å². The smallest absolute Gasteiger partial charge is 0.259 e. The minimum Gasteiger partial charge on any atom is -0.490 e. The molecule has 2 amide bonds. The Balaban J connectivity index is 2.23. The molecule has 0 heterocycles. The van der Waals surface area contributed by atoms with Gasteiger partial charge in [0.15, 0.2) is 0 Å². The number of ether oxygens (including phenoxy) is 1. The number of hydrogen-bond donors (Lipinski definition) is 2. The molecule has 132 valence electrons. The Kier molecular flexibility index (Phi) is 6.57. The van der Waals surface area contributed by atoms with Crippen LogP contribution in [-0.4, -0.2) is 24.5 Å². The first-order chi connectivity index (χ1) is 12.0. The summed E-state index contributed by atoms with van der Waals surface area (Å²) in [5.74, 6) is -0.000581. The van der Waals surface area contributed by atoms with E-state index in [2.05, 4.69) is 10.6 Å². The highest BCUT2D eigenvalue weighted by atomic mass is 16.5. The normalized spacial score (nSPS) is 10.4. The summed E-state index contributed by atoms with van der Waals surface area (Å²) >= 11 is 0. The average Bonchev–Trinajstić information content (AvgIpc) is 2.60. The van der Waals surface area contributed by atoms with Gasteiger partial charge in [-0.05, 0) is 44.5 Å². The van der Waals surface area contributed by atoms with Gasteiger partial charge in [0.05, 0.1) is 22.9 Å². The van der Waals surface area contributed by atoms with Gasteiger partial charge in [-0.1, -0.05) is 31.2 Å². The van der Waals surface area contributed by atoms with Crippen molar-refractivity contribution in [2.75, 3.05) is 11.9 Å². The van der Waals surface area contributed by atoms with Crippen molar-refractivity contribution >= 4 is 17.5 Å². The van der Waals surface area contributed by atoms with E-state index in [9.17, 15) is 9.59 Å². The molecule has 0 aliphatic rings. The zero-order valence-corrected chi connectivity index (χ0v) is 14.8. The maximum absolute atomic E-state index is 12.7. The van der Waals surface area contributed by atoms with Gasteiger partial charge in [-0.2, -0.15) is 0 Å². The lowest BCUT2D eigenvalue weighted by Crippen LogP contribution is -2.26. The van der Waals surface area contributed by atoms with Crippen molar-refractivity contribution in [3.63, 3.8) is 0 Å². The van der Waals surface area contributed by atoms with Crippen LogP contribution >= 0.6 is 0 Å². The predicted molar refractivity (Wildman–Crippen MR) is 99.2 cm³/mol. The largest absolute Gasteiger partial charge is 0.490 e. The fourth-order valence-corrected chi connectivity index (χ4v) is 2.32. The molecule has 2 N–H and O–H groups in total. The molecule has 0 saturated carbocycles. The van der Waals surface area contributed by atoms with Crippen molar-refractivity contribution in [2.24, 2.45) is 0 Å². The average molecular weight is 340 g/mol. The van der Waals surface area contributed by atoms with Gasteiger partial charge in [-0.15, -0.1) is 0 Å². The minimum absolute atomic E-state index is 0.0407. The molecule has 0 saturated heterocycles. The molecule has 5 nitrogen and oxygen atoms in total. The van der Waals surface area contributed by atoms with Crippen LogP contribution in [0.2, 0.25) is 0 Å². The monoisotopic (exact) mass is 340 g/mol. The first-order valence-electron chi connectivity index (χ1n) is 8.47. The zero-order chi connectivity index (χ0) is 18.2. The summed E-state index contributed by atoms with van der Waals surface area (Å²) < 4.78 is 5.69. The van der Waals surface area contributed by atoms with E-state index in [1.54, 1.807) is 42.5 Å². The first-order valence-corrected chi connectivity index (χ1v) is 8.47. The van der Waals surface area contributed by atoms with E-state index in [-0.39, 0.29) is 17.9 Å². The Morgan fingerprint density at radius 1 is 0.960 bits per heavy atom. The van der Waals surface area contributed by atoms with E-state index in [0.29, 0.717) is 29.1 Å². The highest BCUT2D eigenvalue weighted by Crippen LogP contribution is 2.22. The number of nitrogens with one attached hydrogen (secondary N) is 2. The van der Waals surface area contributed by atoms with Crippen LogP contribution in [0, 0.1) is 0 Å². The number of amides is 2. The number of para-hydroxylation sites is 2. The summed E-state index contributed by atoms with van der Waals surface area (Å²) in [4.78, 5) is 25.0. The molecule has 2 rings (SSSR count). The van der Waals surface area contributed by atoms with Crippen molar-refractivity contribution in [2.45, 2.75) is 33.3 Å².